The van der Waals surface area contributed by atoms with E-state index in [9.17, 15) is 5.26 Å². The lowest BCUT2D eigenvalue weighted by Crippen LogP contribution is -2.31. The quantitative estimate of drug-likeness (QED) is 0.886. The number of nitrogens with zero attached hydrogens (tertiary/aromatic N) is 1. The number of benzene rings is 2. The zero-order chi connectivity index (χ0) is 13.2. The van der Waals surface area contributed by atoms with E-state index >= 15 is 0 Å². The van der Waals surface area contributed by atoms with Gasteiger partial charge in [-0.05, 0) is 37.2 Å². The molecule has 0 saturated heterocycles. The fourth-order valence-electron chi connectivity index (χ4n) is 2.47. The van der Waals surface area contributed by atoms with Crippen LogP contribution in [0.15, 0.2) is 42.5 Å². The third-order valence-electron chi connectivity index (χ3n) is 3.43. The molecule has 0 radical (unpaired) electrons. The molecule has 1 unspecified atom stereocenters. The van der Waals surface area contributed by atoms with E-state index in [0.29, 0.717) is 0 Å². The van der Waals surface area contributed by atoms with Crippen LogP contribution in [-0.2, 0) is 0 Å². The lowest BCUT2D eigenvalue weighted by molar-refractivity contribution is 0.346. The average molecular weight is 238 g/mol. The molecule has 0 fully saturated rings. The van der Waals surface area contributed by atoms with Crippen LogP contribution in [-0.4, -0.2) is 7.05 Å². The summed E-state index contributed by atoms with van der Waals surface area (Å²) in [6.45, 7) is 3.94. The highest BCUT2D eigenvalue weighted by Gasteiger charge is 2.30. The van der Waals surface area contributed by atoms with Gasteiger partial charge in [-0.15, -0.1) is 0 Å². The van der Waals surface area contributed by atoms with Gasteiger partial charge in [0.25, 0.3) is 0 Å². The summed E-state index contributed by atoms with van der Waals surface area (Å²) >= 11 is 0. The van der Waals surface area contributed by atoms with Crippen molar-refractivity contribution in [3.8, 4) is 6.07 Å². The third kappa shape index (κ3) is 2.10. The zero-order valence-electron chi connectivity index (χ0n) is 11.1. The first-order valence-electron chi connectivity index (χ1n) is 6.16. The van der Waals surface area contributed by atoms with E-state index in [1.165, 1.54) is 16.3 Å². The standard InChI is InChI=1S/C16H18N2/c1-16(2,11-17)15(18-3)14-10-6-8-12-7-4-5-9-13(12)14/h4-10,15,18H,1-3H3. The Hall–Kier alpha value is -1.85. The summed E-state index contributed by atoms with van der Waals surface area (Å²) in [7, 11) is 1.91. The molecule has 2 aromatic rings. The van der Waals surface area contributed by atoms with E-state index in [4.69, 9.17) is 0 Å². The van der Waals surface area contributed by atoms with Gasteiger partial charge < -0.3 is 5.32 Å². The van der Waals surface area contributed by atoms with Crippen LogP contribution in [0.1, 0.15) is 25.5 Å². The molecule has 2 nitrogen and oxygen atoms in total. The monoisotopic (exact) mass is 238 g/mol. The highest BCUT2D eigenvalue weighted by molar-refractivity contribution is 5.86. The zero-order valence-corrected chi connectivity index (χ0v) is 11.1. The summed E-state index contributed by atoms with van der Waals surface area (Å²) in [6.07, 6.45) is 0. The minimum Gasteiger partial charge on any atom is -0.312 e. The van der Waals surface area contributed by atoms with Crippen molar-refractivity contribution >= 4 is 10.8 Å². The molecular formula is C16H18N2. The Morgan fingerprint density at radius 1 is 1.11 bits per heavy atom. The Morgan fingerprint density at radius 2 is 1.78 bits per heavy atom. The van der Waals surface area contributed by atoms with Gasteiger partial charge in [0.2, 0.25) is 0 Å². The first-order valence-corrected chi connectivity index (χ1v) is 6.16. The van der Waals surface area contributed by atoms with Crippen LogP contribution < -0.4 is 5.32 Å². The number of hydrogen-bond acceptors (Lipinski definition) is 2. The van der Waals surface area contributed by atoms with Gasteiger partial charge in [0.05, 0.1) is 17.5 Å². The second-order valence-electron chi connectivity index (χ2n) is 5.12. The number of fused-ring (bicyclic) bond motifs is 1. The van der Waals surface area contributed by atoms with Crippen LogP contribution >= 0.6 is 0 Å². The molecule has 18 heavy (non-hydrogen) atoms. The molecule has 0 saturated carbocycles. The van der Waals surface area contributed by atoms with E-state index in [2.05, 4.69) is 41.7 Å². The number of nitriles is 1. The van der Waals surface area contributed by atoms with Crippen molar-refractivity contribution < 1.29 is 0 Å². The van der Waals surface area contributed by atoms with Gasteiger partial charge in [-0.3, -0.25) is 0 Å². The van der Waals surface area contributed by atoms with Gasteiger partial charge in [-0.1, -0.05) is 42.5 Å². The predicted octanol–water partition coefficient (Wildman–Crippen LogP) is 3.65. The van der Waals surface area contributed by atoms with Crippen LogP contribution in [0, 0.1) is 16.7 Å². The molecule has 2 aromatic carbocycles. The van der Waals surface area contributed by atoms with Crippen LogP contribution in [0.2, 0.25) is 0 Å². The average Bonchev–Trinajstić information content (AvgIpc) is 2.39. The summed E-state index contributed by atoms with van der Waals surface area (Å²) in [6, 6.07) is 17.0. The molecule has 0 bridgehead atoms. The Kier molecular flexibility index (Phi) is 3.36. The maximum atomic E-state index is 9.34. The summed E-state index contributed by atoms with van der Waals surface area (Å²) in [5.41, 5.74) is 0.737. The molecule has 0 amide bonds. The van der Waals surface area contributed by atoms with Gasteiger partial charge in [0, 0.05) is 0 Å². The van der Waals surface area contributed by atoms with Crippen molar-refractivity contribution in [2.24, 2.45) is 5.41 Å². The van der Waals surface area contributed by atoms with Gasteiger partial charge in [-0.25, -0.2) is 0 Å². The van der Waals surface area contributed by atoms with E-state index < -0.39 is 5.41 Å². The Morgan fingerprint density at radius 3 is 2.44 bits per heavy atom. The minimum absolute atomic E-state index is 0.0219. The van der Waals surface area contributed by atoms with E-state index in [1.54, 1.807) is 0 Å². The third-order valence-corrected chi connectivity index (χ3v) is 3.43. The molecule has 0 aromatic heterocycles. The Balaban J connectivity index is 2.63. The minimum atomic E-state index is -0.446. The Labute approximate surface area is 108 Å². The van der Waals surface area contributed by atoms with E-state index in [1.807, 2.05) is 33.0 Å². The van der Waals surface area contributed by atoms with Crippen LogP contribution in [0.25, 0.3) is 10.8 Å². The van der Waals surface area contributed by atoms with Gasteiger partial charge in [-0.2, -0.15) is 5.26 Å². The topological polar surface area (TPSA) is 35.8 Å². The Bertz CT molecular complexity index is 588. The van der Waals surface area contributed by atoms with Crippen LogP contribution in [0.4, 0.5) is 0 Å². The second-order valence-corrected chi connectivity index (χ2v) is 5.12. The molecule has 0 aliphatic carbocycles. The van der Waals surface area contributed by atoms with Crippen molar-refractivity contribution in [2.75, 3.05) is 7.05 Å². The SMILES string of the molecule is CNC(c1cccc2ccccc12)C(C)(C)C#N. The predicted molar refractivity (Wildman–Crippen MR) is 75.1 cm³/mol. The molecule has 0 heterocycles. The van der Waals surface area contributed by atoms with E-state index in [-0.39, 0.29) is 6.04 Å². The molecule has 0 aliphatic heterocycles. The van der Waals surface area contributed by atoms with Gasteiger partial charge in [0.15, 0.2) is 0 Å². The number of nitrogens with one attached hydrogen (secondary N) is 1. The molecule has 92 valence electrons. The number of rotatable bonds is 3. The fourth-order valence-corrected chi connectivity index (χ4v) is 2.47. The molecule has 0 spiro atoms. The van der Waals surface area contributed by atoms with Crippen molar-refractivity contribution in [2.45, 2.75) is 19.9 Å². The highest BCUT2D eigenvalue weighted by Crippen LogP contribution is 2.35. The molecule has 2 rings (SSSR count). The van der Waals surface area contributed by atoms with E-state index in [0.717, 1.165) is 0 Å². The summed E-state index contributed by atoms with van der Waals surface area (Å²) in [5, 5.41) is 15.0. The highest BCUT2D eigenvalue weighted by atomic mass is 14.9. The second kappa shape index (κ2) is 4.80. The first kappa shape index (κ1) is 12.6. The molecule has 2 heteroatoms. The summed E-state index contributed by atoms with van der Waals surface area (Å²) in [4.78, 5) is 0. The summed E-state index contributed by atoms with van der Waals surface area (Å²) in [5.74, 6) is 0. The fraction of sp³-hybridized carbons (Fsp3) is 0.312. The maximum Gasteiger partial charge on any atom is 0.0712 e. The molecule has 1 N–H and O–H groups in total. The molecular weight excluding hydrogens is 220 g/mol. The summed E-state index contributed by atoms with van der Waals surface area (Å²) < 4.78 is 0. The van der Waals surface area contributed by atoms with Crippen LogP contribution in [0.3, 0.4) is 0 Å². The van der Waals surface area contributed by atoms with Crippen molar-refractivity contribution in [3.05, 3.63) is 48.0 Å². The van der Waals surface area contributed by atoms with Crippen molar-refractivity contribution in [1.82, 2.24) is 5.32 Å². The lowest BCUT2D eigenvalue weighted by Gasteiger charge is -2.29. The largest absolute Gasteiger partial charge is 0.312 e. The maximum absolute atomic E-state index is 9.34. The van der Waals surface area contributed by atoms with Gasteiger partial charge in [0.1, 0.15) is 0 Å². The normalized spacial score (nSPS) is 13.2. The van der Waals surface area contributed by atoms with Crippen molar-refractivity contribution in [1.29, 1.82) is 5.26 Å². The van der Waals surface area contributed by atoms with Gasteiger partial charge >= 0.3 is 0 Å². The first-order chi connectivity index (χ1) is 8.60. The number of hydrogen-bond donors (Lipinski definition) is 1. The van der Waals surface area contributed by atoms with Crippen LogP contribution in [0.5, 0.6) is 0 Å². The van der Waals surface area contributed by atoms with Crippen molar-refractivity contribution in [3.63, 3.8) is 0 Å². The molecule has 1 atom stereocenters. The lowest BCUT2D eigenvalue weighted by atomic mass is 9.80. The smallest absolute Gasteiger partial charge is 0.0712 e. The molecule has 0 aliphatic rings.